The zero-order valence-corrected chi connectivity index (χ0v) is 16.8. The Hall–Kier alpha value is -3.53. The van der Waals surface area contributed by atoms with E-state index in [0.717, 1.165) is 18.5 Å². The Morgan fingerprint density at radius 2 is 2.00 bits per heavy atom. The molecule has 4 rings (SSSR count). The third-order valence-electron chi connectivity index (χ3n) is 5.15. The van der Waals surface area contributed by atoms with Crippen LogP contribution in [0.1, 0.15) is 34.8 Å². The first-order valence-electron chi connectivity index (χ1n) is 9.94. The molecule has 4 N–H and O–H groups in total. The lowest BCUT2D eigenvalue weighted by Crippen LogP contribution is -2.40. The minimum absolute atomic E-state index is 0.0108. The van der Waals surface area contributed by atoms with Crippen LogP contribution >= 0.6 is 0 Å². The monoisotopic (exact) mass is 443 g/mol. The lowest BCUT2D eigenvalue weighted by molar-refractivity contribution is -0.201. The summed E-state index contributed by atoms with van der Waals surface area (Å²) in [7, 11) is 0. The summed E-state index contributed by atoms with van der Waals surface area (Å²) < 4.78 is 37.8. The van der Waals surface area contributed by atoms with E-state index in [0.29, 0.717) is 22.7 Å². The second-order valence-electron chi connectivity index (χ2n) is 7.57. The molecule has 1 saturated carbocycles. The van der Waals surface area contributed by atoms with Gasteiger partial charge in [-0.1, -0.05) is 0 Å². The molecule has 1 aliphatic carbocycles. The summed E-state index contributed by atoms with van der Waals surface area (Å²) in [6.07, 6.45) is -0.600. The van der Waals surface area contributed by atoms with Crippen molar-refractivity contribution >= 4 is 11.6 Å². The molecule has 0 aromatic carbocycles. The van der Waals surface area contributed by atoms with Crippen molar-refractivity contribution in [3.05, 3.63) is 60.2 Å². The first-order valence-corrected chi connectivity index (χ1v) is 9.94. The summed E-state index contributed by atoms with van der Waals surface area (Å²) >= 11 is 0. The van der Waals surface area contributed by atoms with Gasteiger partial charge in [0.05, 0.1) is 29.2 Å². The third kappa shape index (κ3) is 4.70. The minimum Gasteiger partial charge on any atom is -0.396 e. The van der Waals surface area contributed by atoms with Gasteiger partial charge in [-0.25, -0.2) is 4.98 Å². The number of hydrogen-bond acceptors (Lipinski definition) is 6. The van der Waals surface area contributed by atoms with Crippen molar-refractivity contribution in [3.8, 4) is 22.5 Å². The third-order valence-corrected chi connectivity index (χ3v) is 5.15. The molecular weight excluding hydrogens is 423 g/mol. The maximum Gasteiger partial charge on any atom is 0.416 e. The second kappa shape index (κ2) is 8.54. The Morgan fingerprint density at radius 1 is 1.22 bits per heavy atom. The molecular formula is C22H20F3N5O2. The van der Waals surface area contributed by atoms with E-state index in [1.165, 1.54) is 12.3 Å². The maximum atomic E-state index is 12.7. The van der Waals surface area contributed by atoms with E-state index >= 15 is 0 Å². The largest absolute Gasteiger partial charge is 0.416 e. The van der Waals surface area contributed by atoms with Crippen LogP contribution in [0.15, 0.2) is 48.9 Å². The number of hydrogen-bond donors (Lipinski definition) is 3. The van der Waals surface area contributed by atoms with Gasteiger partial charge < -0.3 is 16.2 Å². The number of aliphatic hydroxyl groups is 1. The first kappa shape index (κ1) is 21.7. The smallest absolute Gasteiger partial charge is 0.396 e. The standard InChI is InChI=1S/C22H20F3N5O2/c23-22(24,25)18(31)11-29-21(32)15-8-17(13-5-6-16(28-10-13)12-3-4-12)30-20(19(15)26)14-2-1-7-27-9-14/h1-2,5-10,12,18,31H,3-4,11,26H2,(H,29,32)/t18-/m1/s1. The maximum absolute atomic E-state index is 12.7. The lowest BCUT2D eigenvalue weighted by Gasteiger charge is -2.17. The fourth-order valence-corrected chi connectivity index (χ4v) is 3.19. The van der Waals surface area contributed by atoms with Gasteiger partial charge in [-0.05, 0) is 43.2 Å². The van der Waals surface area contributed by atoms with Crippen molar-refractivity contribution < 1.29 is 23.1 Å². The Bertz CT molecular complexity index is 1120. The van der Waals surface area contributed by atoms with Crippen molar-refractivity contribution in [2.24, 2.45) is 0 Å². The van der Waals surface area contributed by atoms with Gasteiger partial charge in [-0.15, -0.1) is 0 Å². The predicted octanol–water partition coefficient (Wildman–Crippen LogP) is 3.32. The van der Waals surface area contributed by atoms with Crippen LogP contribution in [0.5, 0.6) is 0 Å². The van der Waals surface area contributed by atoms with Crippen molar-refractivity contribution in [1.82, 2.24) is 20.3 Å². The number of aliphatic hydroxyl groups excluding tert-OH is 1. The molecule has 0 bridgehead atoms. The van der Waals surface area contributed by atoms with Crippen LogP contribution < -0.4 is 11.1 Å². The summed E-state index contributed by atoms with van der Waals surface area (Å²) in [5.74, 6) is -0.391. The highest BCUT2D eigenvalue weighted by Gasteiger charge is 2.38. The van der Waals surface area contributed by atoms with Gasteiger partial charge >= 0.3 is 6.18 Å². The average molecular weight is 443 g/mol. The zero-order chi connectivity index (χ0) is 22.9. The van der Waals surface area contributed by atoms with Crippen LogP contribution in [0, 0.1) is 0 Å². The number of halogens is 3. The molecule has 3 aromatic heterocycles. The Kier molecular flexibility index (Phi) is 5.79. The first-order chi connectivity index (χ1) is 15.2. The number of nitrogen functional groups attached to an aromatic ring is 1. The van der Waals surface area contributed by atoms with Gasteiger partial charge in [-0.2, -0.15) is 13.2 Å². The Morgan fingerprint density at radius 3 is 2.59 bits per heavy atom. The average Bonchev–Trinajstić information content (AvgIpc) is 3.63. The highest BCUT2D eigenvalue weighted by Crippen LogP contribution is 2.39. The van der Waals surface area contributed by atoms with Gasteiger partial charge in [-0.3, -0.25) is 14.8 Å². The number of anilines is 1. The molecule has 10 heteroatoms. The summed E-state index contributed by atoms with van der Waals surface area (Å²) in [6.45, 7) is -1.00. The number of nitrogens with one attached hydrogen (secondary N) is 1. The molecule has 0 saturated heterocycles. The number of nitrogens with zero attached hydrogens (tertiary/aromatic N) is 3. The number of alkyl halides is 3. The van der Waals surface area contributed by atoms with Crippen molar-refractivity contribution in [3.63, 3.8) is 0 Å². The van der Waals surface area contributed by atoms with Crippen LogP contribution in [0.2, 0.25) is 0 Å². The van der Waals surface area contributed by atoms with Crippen molar-refractivity contribution in [2.45, 2.75) is 31.0 Å². The number of carbonyl (C=O) groups is 1. The van der Waals surface area contributed by atoms with Crippen molar-refractivity contribution in [2.75, 3.05) is 12.3 Å². The van der Waals surface area contributed by atoms with Crippen LogP contribution in [0.25, 0.3) is 22.5 Å². The molecule has 7 nitrogen and oxygen atoms in total. The van der Waals surface area contributed by atoms with E-state index < -0.39 is 24.7 Å². The molecule has 0 aliphatic heterocycles. The molecule has 1 amide bonds. The Labute approximate surface area is 181 Å². The second-order valence-corrected chi connectivity index (χ2v) is 7.57. The number of aromatic nitrogens is 3. The Balaban J connectivity index is 1.71. The highest BCUT2D eigenvalue weighted by atomic mass is 19.4. The number of carbonyl (C=O) groups excluding carboxylic acids is 1. The molecule has 1 atom stereocenters. The van der Waals surface area contributed by atoms with Crippen LogP contribution in [0.3, 0.4) is 0 Å². The number of nitrogens with two attached hydrogens (primary N) is 1. The highest BCUT2D eigenvalue weighted by molar-refractivity contribution is 6.03. The molecule has 0 radical (unpaired) electrons. The molecule has 0 unspecified atom stereocenters. The normalized spacial score (nSPS) is 14.8. The van der Waals surface area contributed by atoms with Gasteiger partial charge in [0, 0.05) is 41.3 Å². The van der Waals surface area contributed by atoms with Gasteiger partial charge in [0.2, 0.25) is 0 Å². The van der Waals surface area contributed by atoms with E-state index in [4.69, 9.17) is 5.73 Å². The van der Waals surface area contributed by atoms with Crippen LogP contribution in [-0.2, 0) is 0 Å². The van der Waals surface area contributed by atoms with E-state index in [2.05, 4.69) is 20.3 Å². The molecule has 32 heavy (non-hydrogen) atoms. The summed E-state index contributed by atoms with van der Waals surface area (Å²) in [4.78, 5) is 25.8. The van der Waals surface area contributed by atoms with E-state index in [9.17, 15) is 23.1 Å². The van der Waals surface area contributed by atoms with E-state index in [-0.39, 0.29) is 16.9 Å². The number of pyridine rings is 3. The van der Waals surface area contributed by atoms with Gasteiger partial charge in [0.25, 0.3) is 5.91 Å². The fourth-order valence-electron chi connectivity index (χ4n) is 3.19. The molecule has 166 valence electrons. The van der Waals surface area contributed by atoms with Gasteiger partial charge in [0.1, 0.15) is 0 Å². The summed E-state index contributed by atoms with van der Waals surface area (Å²) in [6, 6.07) is 8.52. The van der Waals surface area contributed by atoms with E-state index in [1.807, 2.05) is 12.1 Å². The molecule has 3 aromatic rings. The predicted molar refractivity (Wildman–Crippen MR) is 111 cm³/mol. The fraction of sp³-hybridized carbons (Fsp3) is 0.273. The van der Waals surface area contributed by atoms with Crippen molar-refractivity contribution in [1.29, 1.82) is 0 Å². The quantitative estimate of drug-likeness (QED) is 0.539. The topological polar surface area (TPSA) is 114 Å². The molecule has 1 fully saturated rings. The summed E-state index contributed by atoms with van der Waals surface area (Å²) in [5.41, 5.74) is 8.91. The van der Waals surface area contributed by atoms with Gasteiger partial charge in [0.15, 0.2) is 6.10 Å². The molecule has 1 aliphatic rings. The summed E-state index contributed by atoms with van der Waals surface area (Å²) in [5, 5.41) is 11.3. The van der Waals surface area contributed by atoms with Crippen LogP contribution in [-0.4, -0.2) is 44.8 Å². The zero-order valence-electron chi connectivity index (χ0n) is 16.8. The number of amides is 1. The number of rotatable bonds is 6. The lowest BCUT2D eigenvalue weighted by atomic mass is 10.0. The molecule has 0 spiro atoms. The minimum atomic E-state index is -4.85. The SMILES string of the molecule is Nc1c(C(=O)NC[C@@H](O)C(F)(F)F)cc(-c2ccc(C3CC3)nc2)nc1-c1cccnc1. The molecule has 3 heterocycles. The van der Waals surface area contributed by atoms with Crippen LogP contribution in [0.4, 0.5) is 18.9 Å². The van der Waals surface area contributed by atoms with E-state index in [1.54, 1.807) is 24.5 Å².